The zero-order valence-corrected chi connectivity index (χ0v) is 8.53. The standard InChI is InChI=1S/C12H12O3/c1-9(13)12(7-8-12)15-11(14)10-5-3-2-4-6-10/h2-6H,7-8H2,1H3. The maximum absolute atomic E-state index is 11.6. The third-order valence-electron chi connectivity index (χ3n) is 2.64. The zero-order valence-electron chi connectivity index (χ0n) is 8.53. The van der Waals surface area contributed by atoms with Crippen molar-refractivity contribution in [2.24, 2.45) is 0 Å². The van der Waals surface area contributed by atoms with E-state index in [1.54, 1.807) is 24.3 Å². The Bertz CT molecular complexity index is 391. The molecule has 0 atom stereocenters. The number of ether oxygens (including phenoxy) is 1. The summed E-state index contributed by atoms with van der Waals surface area (Å²) in [6, 6.07) is 8.72. The van der Waals surface area contributed by atoms with Crippen LogP contribution in [0.5, 0.6) is 0 Å². The second kappa shape index (κ2) is 3.50. The number of carbonyl (C=O) groups is 2. The number of esters is 1. The second-order valence-corrected chi connectivity index (χ2v) is 3.81. The molecule has 1 aromatic rings. The lowest BCUT2D eigenvalue weighted by Gasteiger charge is -2.12. The molecule has 2 rings (SSSR count). The molecule has 0 aromatic heterocycles. The molecule has 1 aliphatic carbocycles. The van der Waals surface area contributed by atoms with Gasteiger partial charge in [-0.1, -0.05) is 18.2 Å². The van der Waals surface area contributed by atoms with Crippen LogP contribution in [0.4, 0.5) is 0 Å². The minimum Gasteiger partial charge on any atom is -0.447 e. The first-order valence-corrected chi connectivity index (χ1v) is 4.93. The van der Waals surface area contributed by atoms with E-state index in [9.17, 15) is 9.59 Å². The van der Waals surface area contributed by atoms with Gasteiger partial charge in [-0.2, -0.15) is 0 Å². The van der Waals surface area contributed by atoms with Gasteiger partial charge in [-0.15, -0.1) is 0 Å². The molecule has 0 heterocycles. The van der Waals surface area contributed by atoms with Gasteiger partial charge in [0.15, 0.2) is 11.4 Å². The van der Waals surface area contributed by atoms with E-state index in [0.717, 1.165) is 0 Å². The van der Waals surface area contributed by atoms with E-state index in [2.05, 4.69) is 0 Å². The lowest BCUT2D eigenvalue weighted by molar-refractivity contribution is -0.127. The Kier molecular flexibility index (Phi) is 2.31. The lowest BCUT2D eigenvalue weighted by Crippen LogP contribution is -2.27. The van der Waals surface area contributed by atoms with Gasteiger partial charge in [-0.25, -0.2) is 4.79 Å². The van der Waals surface area contributed by atoms with Gasteiger partial charge in [0, 0.05) is 0 Å². The molecule has 0 amide bonds. The van der Waals surface area contributed by atoms with E-state index < -0.39 is 11.6 Å². The number of rotatable bonds is 3. The molecule has 1 aliphatic rings. The first kappa shape index (κ1) is 9.90. The Labute approximate surface area is 88.1 Å². The van der Waals surface area contributed by atoms with E-state index in [-0.39, 0.29) is 5.78 Å². The number of hydrogen-bond acceptors (Lipinski definition) is 3. The van der Waals surface area contributed by atoms with Crippen LogP contribution in [-0.2, 0) is 9.53 Å². The molecule has 78 valence electrons. The molecule has 0 radical (unpaired) electrons. The van der Waals surface area contributed by atoms with Gasteiger partial charge in [0.25, 0.3) is 0 Å². The monoisotopic (exact) mass is 204 g/mol. The smallest absolute Gasteiger partial charge is 0.339 e. The van der Waals surface area contributed by atoms with E-state index >= 15 is 0 Å². The molecule has 1 aromatic carbocycles. The fourth-order valence-corrected chi connectivity index (χ4v) is 1.45. The normalized spacial score (nSPS) is 16.9. The van der Waals surface area contributed by atoms with E-state index in [4.69, 9.17) is 4.74 Å². The minimum absolute atomic E-state index is 0.0632. The average Bonchev–Trinajstić information content (AvgIpc) is 3.00. The Morgan fingerprint density at radius 3 is 2.27 bits per heavy atom. The Morgan fingerprint density at radius 1 is 1.20 bits per heavy atom. The molecule has 3 nitrogen and oxygen atoms in total. The Hall–Kier alpha value is -1.64. The molecule has 15 heavy (non-hydrogen) atoms. The van der Waals surface area contributed by atoms with Crippen LogP contribution in [0.1, 0.15) is 30.1 Å². The average molecular weight is 204 g/mol. The molecule has 0 bridgehead atoms. The first-order chi connectivity index (χ1) is 7.14. The van der Waals surface area contributed by atoms with E-state index in [1.165, 1.54) is 6.92 Å². The maximum Gasteiger partial charge on any atom is 0.339 e. The van der Waals surface area contributed by atoms with E-state index in [0.29, 0.717) is 18.4 Å². The van der Waals surface area contributed by atoms with Crippen LogP contribution in [0, 0.1) is 0 Å². The van der Waals surface area contributed by atoms with Crippen molar-refractivity contribution in [3.8, 4) is 0 Å². The van der Waals surface area contributed by atoms with Crippen LogP contribution in [0.3, 0.4) is 0 Å². The highest BCUT2D eigenvalue weighted by molar-refractivity contribution is 5.95. The minimum atomic E-state index is -0.813. The summed E-state index contributed by atoms with van der Waals surface area (Å²) in [5, 5.41) is 0. The van der Waals surface area contributed by atoms with Gasteiger partial charge in [0.05, 0.1) is 5.56 Å². The van der Waals surface area contributed by atoms with Crippen molar-refractivity contribution < 1.29 is 14.3 Å². The number of Topliss-reactive ketones (excluding diaryl/α,β-unsaturated/α-hetero) is 1. The molecule has 0 unspecified atom stereocenters. The van der Waals surface area contributed by atoms with Gasteiger partial charge in [0.1, 0.15) is 0 Å². The predicted molar refractivity (Wildman–Crippen MR) is 54.5 cm³/mol. The fraction of sp³-hybridized carbons (Fsp3) is 0.333. The highest BCUT2D eigenvalue weighted by Gasteiger charge is 2.51. The molecule has 1 saturated carbocycles. The zero-order chi connectivity index (χ0) is 10.9. The summed E-state index contributed by atoms with van der Waals surface area (Å²) in [5.74, 6) is -0.477. The molecule has 0 aliphatic heterocycles. The summed E-state index contributed by atoms with van der Waals surface area (Å²) in [4.78, 5) is 22.8. The third-order valence-corrected chi connectivity index (χ3v) is 2.64. The van der Waals surface area contributed by atoms with Crippen molar-refractivity contribution in [3.63, 3.8) is 0 Å². The SMILES string of the molecule is CC(=O)C1(OC(=O)c2ccccc2)CC1. The van der Waals surface area contributed by atoms with Crippen LogP contribution >= 0.6 is 0 Å². The van der Waals surface area contributed by atoms with Crippen molar-refractivity contribution in [2.75, 3.05) is 0 Å². The van der Waals surface area contributed by atoms with Crippen molar-refractivity contribution in [2.45, 2.75) is 25.4 Å². The lowest BCUT2D eigenvalue weighted by atomic mass is 10.2. The molecule has 3 heteroatoms. The van der Waals surface area contributed by atoms with Gasteiger partial charge < -0.3 is 4.74 Å². The summed E-state index contributed by atoms with van der Waals surface area (Å²) >= 11 is 0. The van der Waals surface area contributed by atoms with Crippen molar-refractivity contribution in [1.29, 1.82) is 0 Å². The topological polar surface area (TPSA) is 43.4 Å². The summed E-state index contributed by atoms with van der Waals surface area (Å²) in [6.07, 6.45) is 1.31. The Balaban J connectivity index is 2.08. The van der Waals surface area contributed by atoms with Crippen LogP contribution in [0.2, 0.25) is 0 Å². The Morgan fingerprint density at radius 2 is 1.80 bits per heavy atom. The number of hydrogen-bond donors (Lipinski definition) is 0. The van der Waals surface area contributed by atoms with Gasteiger partial charge >= 0.3 is 5.97 Å². The third kappa shape index (κ3) is 1.91. The van der Waals surface area contributed by atoms with Crippen LogP contribution < -0.4 is 0 Å². The predicted octanol–water partition coefficient (Wildman–Crippen LogP) is 1.97. The molecular formula is C12H12O3. The van der Waals surface area contributed by atoms with E-state index in [1.807, 2.05) is 6.07 Å². The van der Waals surface area contributed by atoms with Gasteiger partial charge in [-0.3, -0.25) is 4.79 Å². The number of ketones is 1. The van der Waals surface area contributed by atoms with Crippen LogP contribution in [-0.4, -0.2) is 17.4 Å². The summed E-state index contributed by atoms with van der Waals surface area (Å²) in [5.41, 5.74) is -0.322. The first-order valence-electron chi connectivity index (χ1n) is 4.93. The second-order valence-electron chi connectivity index (χ2n) is 3.81. The summed E-state index contributed by atoms with van der Waals surface area (Å²) in [6.45, 7) is 1.46. The highest BCUT2D eigenvalue weighted by atomic mass is 16.6. The van der Waals surface area contributed by atoms with Crippen LogP contribution in [0.15, 0.2) is 30.3 Å². The maximum atomic E-state index is 11.6. The molecule has 0 spiro atoms. The molecular weight excluding hydrogens is 192 g/mol. The molecule has 1 fully saturated rings. The van der Waals surface area contributed by atoms with Gasteiger partial charge in [0.2, 0.25) is 0 Å². The van der Waals surface area contributed by atoms with Crippen LogP contribution in [0.25, 0.3) is 0 Å². The highest BCUT2D eigenvalue weighted by Crippen LogP contribution is 2.40. The quantitative estimate of drug-likeness (QED) is 0.707. The summed E-state index contributed by atoms with van der Waals surface area (Å²) < 4.78 is 5.21. The molecule has 0 saturated heterocycles. The van der Waals surface area contributed by atoms with Gasteiger partial charge in [-0.05, 0) is 31.9 Å². The van der Waals surface area contributed by atoms with Crippen molar-refractivity contribution >= 4 is 11.8 Å². The van der Waals surface area contributed by atoms with Crippen molar-refractivity contribution in [3.05, 3.63) is 35.9 Å². The number of carbonyl (C=O) groups excluding carboxylic acids is 2. The summed E-state index contributed by atoms with van der Waals surface area (Å²) in [7, 11) is 0. The molecule has 0 N–H and O–H groups in total. The fourth-order valence-electron chi connectivity index (χ4n) is 1.45. The largest absolute Gasteiger partial charge is 0.447 e. The number of benzene rings is 1. The van der Waals surface area contributed by atoms with Crippen molar-refractivity contribution in [1.82, 2.24) is 0 Å².